The minimum atomic E-state index is -3.47. The van der Waals surface area contributed by atoms with Gasteiger partial charge in [-0.05, 0) is 30.7 Å². The quantitative estimate of drug-likeness (QED) is 0.770. The Kier molecular flexibility index (Phi) is 2.90. The van der Waals surface area contributed by atoms with Crippen LogP contribution in [0.1, 0.15) is 12.5 Å². The van der Waals surface area contributed by atoms with Crippen LogP contribution >= 0.6 is 0 Å². The third kappa shape index (κ3) is 2.04. The highest BCUT2D eigenvalue weighted by Gasteiger charge is 2.47. The van der Waals surface area contributed by atoms with Crippen LogP contribution in [0.25, 0.3) is 0 Å². The lowest BCUT2D eigenvalue weighted by Gasteiger charge is -2.30. The molecule has 0 bridgehead atoms. The van der Waals surface area contributed by atoms with E-state index >= 15 is 0 Å². The first-order valence-electron chi connectivity index (χ1n) is 4.31. The molecule has 0 amide bonds. The predicted molar refractivity (Wildman–Crippen MR) is 51.1 cm³/mol. The predicted octanol–water partition coefficient (Wildman–Crippen LogP) is 2.85. The summed E-state index contributed by atoms with van der Waals surface area (Å²) in [4.78, 5) is 0. The summed E-state index contributed by atoms with van der Waals surface area (Å²) in [6.45, 7) is 3.92. The lowest BCUT2D eigenvalue weighted by atomic mass is 9.89. The van der Waals surface area contributed by atoms with Crippen molar-refractivity contribution < 1.29 is 18.3 Å². The second-order valence-electron chi connectivity index (χ2n) is 3.41. The molecule has 1 atom stereocenters. The number of aliphatic hydroxyl groups is 1. The summed E-state index contributed by atoms with van der Waals surface area (Å²) in [5.74, 6) is -4.01. The van der Waals surface area contributed by atoms with Crippen molar-refractivity contribution >= 4 is 0 Å². The lowest BCUT2D eigenvalue weighted by Crippen LogP contribution is -2.41. The fourth-order valence-electron chi connectivity index (χ4n) is 1.17. The van der Waals surface area contributed by atoms with E-state index in [0.717, 1.165) is 31.2 Å². The molecule has 0 aliphatic carbocycles. The lowest BCUT2D eigenvalue weighted by molar-refractivity contribution is -0.144. The molecule has 0 fully saturated rings. The van der Waals surface area contributed by atoms with E-state index in [1.165, 1.54) is 0 Å². The Balaban J connectivity index is 3.16. The van der Waals surface area contributed by atoms with Gasteiger partial charge in [-0.25, -0.2) is 4.39 Å². The van der Waals surface area contributed by atoms with Gasteiger partial charge >= 0.3 is 0 Å². The van der Waals surface area contributed by atoms with Gasteiger partial charge < -0.3 is 5.11 Å². The Morgan fingerprint density at radius 1 is 1.27 bits per heavy atom. The molecule has 0 aliphatic rings. The van der Waals surface area contributed by atoms with Crippen LogP contribution < -0.4 is 0 Å². The van der Waals surface area contributed by atoms with E-state index < -0.39 is 17.3 Å². The Labute approximate surface area is 85.9 Å². The highest BCUT2D eigenvalue weighted by atomic mass is 19.3. The number of alkyl halides is 2. The molecule has 0 heterocycles. The van der Waals surface area contributed by atoms with Crippen molar-refractivity contribution in [1.82, 2.24) is 0 Å². The second-order valence-corrected chi connectivity index (χ2v) is 3.41. The van der Waals surface area contributed by atoms with Crippen molar-refractivity contribution in [3.8, 4) is 0 Å². The van der Waals surface area contributed by atoms with Crippen molar-refractivity contribution in [2.75, 3.05) is 0 Å². The van der Waals surface area contributed by atoms with Crippen molar-refractivity contribution in [3.63, 3.8) is 0 Å². The van der Waals surface area contributed by atoms with E-state index in [1.54, 1.807) is 0 Å². The average molecular weight is 216 g/mol. The first kappa shape index (κ1) is 11.8. The summed E-state index contributed by atoms with van der Waals surface area (Å²) in [7, 11) is 0. The first-order valence-corrected chi connectivity index (χ1v) is 4.31. The maximum Gasteiger partial charge on any atom is 0.298 e. The molecule has 0 saturated carbocycles. The third-order valence-corrected chi connectivity index (χ3v) is 2.31. The molecule has 1 N–H and O–H groups in total. The highest BCUT2D eigenvalue weighted by Crippen LogP contribution is 2.37. The van der Waals surface area contributed by atoms with E-state index in [2.05, 4.69) is 6.58 Å². The largest absolute Gasteiger partial charge is 0.379 e. The number of rotatable bonds is 3. The summed E-state index contributed by atoms with van der Waals surface area (Å²) < 4.78 is 39.1. The summed E-state index contributed by atoms with van der Waals surface area (Å²) in [6.07, 6.45) is 0.371. The molecule has 1 unspecified atom stereocenters. The van der Waals surface area contributed by atoms with E-state index in [-0.39, 0.29) is 5.56 Å². The van der Waals surface area contributed by atoms with E-state index in [9.17, 15) is 18.3 Å². The van der Waals surface area contributed by atoms with Crippen molar-refractivity contribution in [2.45, 2.75) is 18.4 Å². The molecule has 1 aromatic carbocycles. The SMILES string of the molecule is C=CC(F)(F)C(C)(O)c1ccc(F)cc1. The van der Waals surface area contributed by atoms with Crippen molar-refractivity contribution in [1.29, 1.82) is 0 Å². The van der Waals surface area contributed by atoms with E-state index in [1.807, 2.05) is 0 Å². The van der Waals surface area contributed by atoms with Crippen LogP contribution in [-0.4, -0.2) is 11.0 Å². The van der Waals surface area contributed by atoms with Gasteiger partial charge in [0.15, 0.2) is 5.60 Å². The van der Waals surface area contributed by atoms with Crippen LogP contribution in [0.15, 0.2) is 36.9 Å². The Morgan fingerprint density at radius 2 is 1.73 bits per heavy atom. The Bertz CT molecular complexity index is 355. The maximum absolute atomic E-state index is 13.3. The normalized spacial score (nSPS) is 15.8. The van der Waals surface area contributed by atoms with Crippen LogP contribution in [-0.2, 0) is 5.60 Å². The standard InChI is InChI=1S/C11H11F3O/c1-3-11(13,14)10(2,15)8-4-6-9(12)7-5-8/h3-7,15H,1H2,2H3. The average Bonchev–Trinajstić information content (AvgIpc) is 2.18. The molecule has 0 spiro atoms. The molecular formula is C11H11F3O. The molecule has 1 nitrogen and oxygen atoms in total. The maximum atomic E-state index is 13.3. The fraction of sp³-hybridized carbons (Fsp3) is 0.273. The Morgan fingerprint density at radius 3 is 2.13 bits per heavy atom. The molecule has 1 aromatic rings. The molecule has 1 rings (SSSR count). The molecule has 0 radical (unpaired) electrons. The summed E-state index contributed by atoms with van der Waals surface area (Å²) in [6, 6.07) is 4.27. The number of benzene rings is 1. The van der Waals surface area contributed by atoms with Gasteiger partial charge in [0.1, 0.15) is 5.82 Å². The number of hydrogen-bond donors (Lipinski definition) is 1. The molecule has 0 saturated heterocycles. The van der Waals surface area contributed by atoms with Gasteiger partial charge in [0.05, 0.1) is 0 Å². The molecule has 82 valence electrons. The molecular weight excluding hydrogens is 205 g/mol. The number of hydrogen-bond acceptors (Lipinski definition) is 1. The smallest absolute Gasteiger partial charge is 0.298 e. The summed E-state index contributed by atoms with van der Waals surface area (Å²) in [5, 5.41) is 9.66. The minimum absolute atomic E-state index is 0.0613. The van der Waals surface area contributed by atoms with Crippen molar-refractivity contribution in [3.05, 3.63) is 48.3 Å². The zero-order valence-electron chi connectivity index (χ0n) is 8.17. The van der Waals surface area contributed by atoms with Gasteiger partial charge in [0, 0.05) is 0 Å². The van der Waals surface area contributed by atoms with Gasteiger partial charge in [-0.3, -0.25) is 0 Å². The zero-order chi connectivity index (χ0) is 11.7. The number of halogens is 3. The van der Waals surface area contributed by atoms with Crippen LogP contribution in [0, 0.1) is 5.82 Å². The molecule has 0 aliphatic heterocycles. The summed E-state index contributed by atoms with van der Waals surface area (Å²) >= 11 is 0. The van der Waals surface area contributed by atoms with Crippen LogP contribution in [0.2, 0.25) is 0 Å². The van der Waals surface area contributed by atoms with E-state index in [0.29, 0.717) is 6.08 Å². The highest BCUT2D eigenvalue weighted by molar-refractivity contribution is 5.26. The van der Waals surface area contributed by atoms with Crippen LogP contribution in [0.5, 0.6) is 0 Å². The van der Waals surface area contributed by atoms with Gasteiger partial charge in [-0.1, -0.05) is 18.7 Å². The third-order valence-electron chi connectivity index (χ3n) is 2.31. The molecule has 0 aromatic heterocycles. The van der Waals surface area contributed by atoms with Crippen molar-refractivity contribution in [2.24, 2.45) is 0 Å². The van der Waals surface area contributed by atoms with Crippen LogP contribution in [0.3, 0.4) is 0 Å². The van der Waals surface area contributed by atoms with E-state index in [4.69, 9.17) is 0 Å². The summed E-state index contributed by atoms with van der Waals surface area (Å²) in [5.41, 5.74) is -2.45. The van der Waals surface area contributed by atoms with Gasteiger partial charge in [0.2, 0.25) is 0 Å². The fourth-order valence-corrected chi connectivity index (χ4v) is 1.17. The van der Waals surface area contributed by atoms with Crippen LogP contribution in [0.4, 0.5) is 13.2 Å². The van der Waals surface area contributed by atoms with Gasteiger partial charge in [-0.15, -0.1) is 0 Å². The molecule has 15 heavy (non-hydrogen) atoms. The first-order chi connectivity index (χ1) is 6.81. The molecule has 4 heteroatoms. The van der Waals surface area contributed by atoms with Gasteiger partial charge in [-0.2, -0.15) is 8.78 Å². The minimum Gasteiger partial charge on any atom is -0.379 e. The van der Waals surface area contributed by atoms with Gasteiger partial charge in [0.25, 0.3) is 5.92 Å². The Hall–Kier alpha value is -1.29. The topological polar surface area (TPSA) is 20.2 Å². The monoisotopic (exact) mass is 216 g/mol. The second kappa shape index (κ2) is 3.70. The zero-order valence-corrected chi connectivity index (χ0v) is 8.17.